The minimum absolute atomic E-state index is 0.0800. The van der Waals surface area contributed by atoms with Gasteiger partial charge in [-0.1, -0.05) is 29.8 Å². The van der Waals surface area contributed by atoms with Gasteiger partial charge < -0.3 is 10.6 Å². The third-order valence-electron chi connectivity index (χ3n) is 2.91. The molecule has 21 heavy (non-hydrogen) atoms. The number of nitrogens with zero attached hydrogens (tertiary/aromatic N) is 2. The summed E-state index contributed by atoms with van der Waals surface area (Å²) in [7, 11) is 0. The Labute approximate surface area is 124 Å². The topological polar surface area (TPSA) is 66.9 Å². The number of carbonyl (C=O) groups is 1. The maximum Gasteiger partial charge on any atom is 0.270 e. The van der Waals surface area contributed by atoms with E-state index < -0.39 is 0 Å². The van der Waals surface area contributed by atoms with E-state index in [-0.39, 0.29) is 11.9 Å². The summed E-state index contributed by atoms with van der Waals surface area (Å²) in [4.78, 5) is 20.0. The summed E-state index contributed by atoms with van der Waals surface area (Å²) in [5.41, 5.74) is 2.76. The van der Waals surface area contributed by atoms with E-state index in [9.17, 15) is 4.79 Å². The van der Waals surface area contributed by atoms with E-state index in [2.05, 4.69) is 51.8 Å². The fraction of sp³-hybridized carbons (Fsp3) is 0.312. The van der Waals surface area contributed by atoms with Crippen LogP contribution in [0, 0.1) is 6.92 Å². The maximum atomic E-state index is 11.9. The SMILES string of the molecule is Cc1ccc(CNc2cc(C(=O)NC(C)C)ncn2)cc1. The molecule has 0 unspecified atom stereocenters. The number of hydrogen-bond acceptors (Lipinski definition) is 4. The van der Waals surface area contributed by atoms with Crippen LogP contribution in [0.1, 0.15) is 35.5 Å². The van der Waals surface area contributed by atoms with Crippen molar-refractivity contribution in [1.29, 1.82) is 0 Å². The van der Waals surface area contributed by atoms with Crippen molar-refractivity contribution in [2.45, 2.75) is 33.4 Å². The molecule has 2 N–H and O–H groups in total. The van der Waals surface area contributed by atoms with Crippen LogP contribution in [-0.2, 0) is 6.54 Å². The highest BCUT2D eigenvalue weighted by molar-refractivity contribution is 5.92. The fourth-order valence-electron chi connectivity index (χ4n) is 1.81. The van der Waals surface area contributed by atoms with E-state index in [1.807, 2.05) is 13.8 Å². The molecule has 0 aliphatic rings. The number of amides is 1. The lowest BCUT2D eigenvalue weighted by atomic mass is 10.1. The molecule has 0 aliphatic heterocycles. The van der Waals surface area contributed by atoms with Crippen molar-refractivity contribution >= 4 is 11.7 Å². The second kappa shape index (κ2) is 6.83. The number of hydrogen-bond donors (Lipinski definition) is 2. The zero-order valence-electron chi connectivity index (χ0n) is 12.6. The molecule has 0 saturated carbocycles. The lowest BCUT2D eigenvalue weighted by molar-refractivity contribution is 0.0938. The summed E-state index contributed by atoms with van der Waals surface area (Å²) in [6.07, 6.45) is 1.40. The standard InChI is InChI=1S/C16H20N4O/c1-11(2)20-16(21)14-8-15(19-10-18-14)17-9-13-6-4-12(3)5-7-13/h4-8,10-11H,9H2,1-3H3,(H,20,21)(H,17,18,19). The second-order valence-electron chi connectivity index (χ2n) is 5.26. The Morgan fingerprint density at radius 2 is 1.90 bits per heavy atom. The summed E-state index contributed by atoms with van der Waals surface area (Å²) in [5, 5.41) is 6.01. The highest BCUT2D eigenvalue weighted by Crippen LogP contribution is 2.08. The molecule has 0 fully saturated rings. The van der Waals surface area contributed by atoms with Gasteiger partial charge in [-0.2, -0.15) is 0 Å². The van der Waals surface area contributed by atoms with Crippen molar-refractivity contribution in [3.8, 4) is 0 Å². The minimum Gasteiger partial charge on any atom is -0.366 e. The lowest BCUT2D eigenvalue weighted by Gasteiger charge is -2.09. The fourth-order valence-corrected chi connectivity index (χ4v) is 1.81. The highest BCUT2D eigenvalue weighted by Gasteiger charge is 2.09. The number of benzene rings is 1. The number of nitrogens with one attached hydrogen (secondary N) is 2. The van der Waals surface area contributed by atoms with Gasteiger partial charge in [0.1, 0.15) is 17.8 Å². The summed E-state index contributed by atoms with van der Waals surface area (Å²) in [6, 6.07) is 10.0. The van der Waals surface area contributed by atoms with Crippen LogP contribution in [0.25, 0.3) is 0 Å². The molecule has 5 nitrogen and oxygen atoms in total. The smallest absolute Gasteiger partial charge is 0.270 e. The maximum absolute atomic E-state index is 11.9. The first-order chi connectivity index (χ1) is 10.0. The second-order valence-corrected chi connectivity index (χ2v) is 5.26. The quantitative estimate of drug-likeness (QED) is 0.885. The Hall–Kier alpha value is -2.43. The first-order valence-electron chi connectivity index (χ1n) is 6.97. The van der Waals surface area contributed by atoms with Crippen LogP contribution < -0.4 is 10.6 Å². The monoisotopic (exact) mass is 284 g/mol. The van der Waals surface area contributed by atoms with Crippen LogP contribution in [0.3, 0.4) is 0 Å². The van der Waals surface area contributed by atoms with Crippen molar-refractivity contribution in [1.82, 2.24) is 15.3 Å². The summed E-state index contributed by atoms with van der Waals surface area (Å²) < 4.78 is 0. The lowest BCUT2D eigenvalue weighted by Crippen LogP contribution is -2.30. The molecule has 0 aliphatic carbocycles. The van der Waals surface area contributed by atoms with Crippen LogP contribution in [0.15, 0.2) is 36.7 Å². The van der Waals surface area contributed by atoms with Gasteiger partial charge in [0.2, 0.25) is 0 Å². The van der Waals surface area contributed by atoms with E-state index >= 15 is 0 Å². The molecule has 1 aromatic heterocycles. The third-order valence-corrected chi connectivity index (χ3v) is 2.91. The molecule has 1 heterocycles. The highest BCUT2D eigenvalue weighted by atomic mass is 16.1. The number of carbonyl (C=O) groups excluding carboxylic acids is 1. The van der Waals surface area contributed by atoms with E-state index in [1.165, 1.54) is 11.9 Å². The van der Waals surface area contributed by atoms with Crippen molar-refractivity contribution in [2.75, 3.05) is 5.32 Å². The van der Waals surface area contributed by atoms with Gasteiger partial charge in [0, 0.05) is 18.7 Å². The van der Waals surface area contributed by atoms with E-state index in [0.29, 0.717) is 18.1 Å². The first-order valence-corrected chi connectivity index (χ1v) is 6.97. The molecular formula is C16H20N4O. The van der Waals surface area contributed by atoms with Gasteiger partial charge in [0.25, 0.3) is 5.91 Å². The molecule has 0 bridgehead atoms. The predicted octanol–water partition coefficient (Wildman–Crippen LogP) is 2.54. The Kier molecular flexibility index (Phi) is 4.87. The third kappa shape index (κ3) is 4.56. The van der Waals surface area contributed by atoms with Gasteiger partial charge in [0.05, 0.1) is 0 Å². The summed E-state index contributed by atoms with van der Waals surface area (Å²) in [6.45, 7) is 6.54. The Morgan fingerprint density at radius 3 is 2.57 bits per heavy atom. The van der Waals surface area contributed by atoms with Crippen molar-refractivity contribution in [3.63, 3.8) is 0 Å². The summed E-state index contributed by atoms with van der Waals surface area (Å²) >= 11 is 0. The minimum atomic E-state index is -0.189. The molecule has 110 valence electrons. The number of aryl methyl sites for hydroxylation is 1. The molecule has 0 saturated heterocycles. The van der Waals surface area contributed by atoms with Crippen LogP contribution in [0.2, 0.25) is 0 Å². The Bertz CT molecular complexity index is 608. The zero-order chi connectivity index (χ0) is 15.2. The molecule has 0 atom stereocenters. The van der Waals surface area contributed by atoms with Gasteiger partial charge in [0.15, 0.2) is 0 Å². The van der Waals surface area contributed by atoms with E-state index in [4.69, 9.17) is 0 Å². The van der Waals surface area contributed by atoms with Gasteiger partial charge in [-0.3, -0.25) is 4.79 Å². The largest absolute Gasteiger partial charge is 0.366 e. The summed E-state index contributed by atoms with van der Waals surface area (Å²) in [5.74, 6) is 0.449. The van der Waals surface area contributed by atoms with Gasteiger partial charge in [-0.05, 0) is 26.3 Å². The molecule has 1 aromatic carbocycles. The van der Waals surface area contributed by atoms with Crippen molar-refractivity contribution in [2.24, 2.45) is 0 Å². The molecule has 2 rings (SSSR count). The number of rotatable bonds is 5. The molecule has 0 radical (unpaired) electrons. The Balaban J connectivity index is 2.00. The van der Waals surface area contributed by atoms with Crippen LogP contribution in [0.5, 0.6) is 0 Å². The molecular weight excluding hydrogens is 264 g/mol. The van der Waals surface area contributed by atoms with Crippen molar-refractivity contribution < 1.29 is 4.79 Å². The first kappa shape index (κ1) is 15.0. The van der Waals surface area contributed by atoms with Gasteiger partial charge in [-0.25, -0.2) is 9.97 Å². The number of anilines is 1. The molecule has 5 heteroatoms. The normalized spacial score (nSPS) is 10.5. The van der Waals surface area contributed by atoms with E-state index in [0.717, 1.165) is 5.56 Å². The van der Waals surface area contributed by atoms with Gasteiger partial charge >= 0.3 is 0 Å². The molecule has 1 amide bonds. The average molecular weight is 284 g/mol. The number of aromatic nitrogens is 2. The predicted molar refractivity (Wildman–Crippen MR) is 83.1 cm³/mol. The van der Waals surface area contributed by atoms with Crippen LogP contribution in [-0.4, -0.2) is 21.9 Å². The zero-order valence-corrected chi connectivity index (χ0v) is 12.6. The van der Waals surface area contributed by atoms with Crippen LogP contribution >= 0.6 is 0 Å². The molecule has 0 spiro atoms. The van der Waals surface area contributed by atoms with Gasteiger partial charge in [-0.15, -0.1) is 0 Å². The Morgan fingerprint density at radius 1 is 1.19 bits per heavy atom. The van der Waals surface area contributed by atoms with Crippen molar-refractivity contribution in [3.05, 3.63) is 53.5 Å². The average Bonchev–Trinajstić information content (AvgIpc) is 2.46. The molecule has 2 aromatic rings. The van der Waals surface area contributed by atoms with Crippen LogP contribution in [0.4, 0.5) is 5.82 Å². The van der Waals surface area contributed by atoms with E-state index in [1.54, 1.807) is 6.07 Å².